The maximum atomic E-state index is 13.8. The highest BCUT2D eigenvalue weighted by Gasteiger charge is 2.19. The van der Waals surface area contributed by atoms with Crippen molar-refractivity contribution in [2.75, 3.05) is 0 Å². The highest BCUT2D eigenvalue weighted by atomic mass is 35.5. The number of imidazole rings is 1. The van der Waals surface area contributed by atoms with Crippen LogP contribution in [0.4, 0.5) is 4.39 Å². The first kappa shape index (κ1) is 16.6. The molecule has 2 aromatic rings. The van der Waals surface area contributed by atoms with Crippen LogP contribution in [-0.4, -0.2) is 9.55 Å². The van der Waals surface area contributed by atoms with Gasteiger partial charge in [0.25, 0.3) is 0 Å². The maximum Gasteiger partial charge on any atom is 0.144 e. The Morgan fingerprint density at radius 3 is 2.62 bits per heavy atom. The van der Waals surface area contributed by atoms with Gasteiger partial charge in [0.15, 0.2) is 0 Å². The van der Waals surface area contributed by atoms with Crippen molar-refractivity contribution in [3.8, 4) is 0 Å². The number of unbranched alkanes of at least 4 members (excludes halogenated alkanes) is 1. The van der Waals surface area contributed by atoms with Crippen molar-refractivity contribution >= 4 is 34.2 Å². The van der Waals surface area contributed by atoms with E-state index in [9.17, 15) is 4.39 Å². The summed E-state index contributed by atoms with van der Waals surface area (Å²) in [5.41, 5.74) is 1.51. The predicted octanol–water partition coefficient (Wildman–Crippen LogP) is 6.10. The van der Waals surface area contributed by atoms with Crippen molar-refractivity contribution in [3.63, 3.8) is 0 Å². The van der Waals surface area contributed by atoms with Crippen LogP contribution in [0.2, 0.25) is 5.02 Å². The third-order valence-corrected chi connectivity index (χ3v) is 4.33. The first-order valence-corrected chi connectivity index (χ1v) is 8.45. The van der Waals surface area contributed by atoms with Gasteiger partial charge in [0.1, 0.15) is 11.6 Å². The zero-order valence-electron chi connectivity index (χ0n) is 12.5. The van der Waals surface area contributed by atoms with Crippen LogP contribution >= 0.6 is 23.2 Å². The summed E-state index contributed by atoms with van der Waals surface area (Å²) in [6, 6.07) is 3.38. The molecule has 2 nitrogen and oxygen atoms in total. The molecule has 0 aliphatic carbocycles. The SMILES string of the molecule is CCCCC(CCC)n1c(CCl)nc2cc(Cl)c(F)cc21. The van der Waals surface area contributed by atoms with Gasteiger partial charge in [-0.1, -0.05) is 44.7 Å². The lowest BCUT2D eigenvalue weighted by molar-refractivity contribution is 0.418. The number of aromatic nitrogens is 2. The third-order valence-electron chi connectivity index (χ3n) is 3.80. The van der Waals surface area contributed by atoms with Crippen LogP contribution in [0.15, 0.2) is 12.1 Å². The van der Waals surface area contributed by atoms with Crippen molar-refractivity contribution in [2.45, 2.75) is 57.9 Å². The fourth-order valence-electron chi connectivity index (χ4n) is 2.82. The molecule has 5 heteroatoms. The normalized spacial score (nSPS) is 13.0. The Kier molecular flexibility index (Phi) is 5.88. The molecule has 1 unspecified atom stereocenters. The molecule has 0 aliphatic rings. The Labute approximate surface area is 135 Å². The Morgan fingerprint density at radius 1 is 1.24 bits per heavy atom. The zero-order chi connectivity index (χ0) is 15.4. The summed E-state index contributed by atoms with van der Waals surface area (Å²) in [4.78, 5) is 4.52. The average molecular weight is 331 g/mol. The van der Waals surface area contributed by atoms with Crippen LogP contribution in [0.1, 0.15) is 57.8 Å². The molecule has 0 saturated heterocycles. The Balaban J connectivity index is 2.54. The van der Waals surface area contributed by atoms with Crippen molar-refractivity contribution in [1.29, 1.82) is 0 Å². The smallest absolute Gasteiger partial charge is 0.144 e. The minimum atomic E-state index is -0.405. The van der Waals surface area contributed by atoms with E-state index in [1.807, 2.05) is 0 Å². The Morgan fingerprint density at radius 2 is 2.00 bits per heavy atom. The van der Waals surface area contributed by atoms with Gasteiger partial charge in [-0.3, -0.25) is 0 Å². The van der Waals surface area contributed by atoms with Gasteiger partial charge in [-0.2, -0.15) is 0 Å². The molecule has 116 valence electrons. The standard InChI is InChI=1S/C16H21Cl2FN2/c1-3-5-7-11(6-4-2)21-15-9-13(19)12(18)8-14(15)20-16(21)10-17/h8-9,11H,3-7,10H2,1-2H3. The fraction of sp³-hybridized carbons (Fsp3) is 0.562. The van der Waals surface area contributed by atoms with E-state index in [0.29, 0.717) is 11.9 Å². The number of hydrogen-bond donors (Lipinski definition) is 0. The van der Waals surface area contributed by atoms with Crippen molar-refractivity contribution in [2.24, 2.45) is 0 Å². The Hall–Kier alpha value is -0.800. The molecule has 0 amide bonds. The summed E-state index contributed by atoms with van der Waals surface area (Å²) in [6.45, 7) is 4.34. The van der Waals surface area contributed by atoms with E-state index in [1.165, 1.54) is 6.07 Å². The van der Waals surface area contributed by atoms with Crippen LogP contribution in [0.3, 0.4) is 0 Å². The molecule has 0 fully saturated rings. The molecule has 0 aliphatic heterocycles. The molecule has 1 heterocycles. The van der Waals surface area contributed by atoms with E-state index in [0.717, 1.165) is 49.0 Å². The minimum absolute atomic E-state index is 0.105. The molecule has 1 aromatic carbocycles. The van der Waals surface area contributed by atoms with Gasteiger partial charge in [0, 0.05) is 12.1 Å². The lowest BCUT2D eigenvalue weighted by atomic mass is 10.0. The molecule has 0 saturated carbocycles. The fourth-order valence-corrected chi connectivity index (χ4v) is 3.16. The average Bonchev–Trinajstić information content (AvgIpc) is 2.81. The van der Waals surface area contributed by atoms with Crippen LogP contribution in [-0.2, 0) is 5.88 Å². The molecular weight excluding hydrogens is 310 g/mol. The first-order valence-electron chi connectivity index (χ1n) is 7.54. The predicted molar refractivity (Wildman–Crippen MR) is 87.7 cm³/mol. The van der Waals surface area contributed by atoms with Crippen LogP contribution < -0.4 is 0 Å². The number of alkyl halides is 1. The number of benzene rings is 1. The lowest BCUT2D eigenvalue weighted by Crippen LogP contribution is -2.12. The molecule has 0 bridgehead atoms. The van der Waals surface area contributed by atoms with Gasteiger partial charge >= 0.3 is 0 Å². The first-order chi connectivity index (χ1) is 10.1. The van der Waals surface area contributed by atoms with Gasteiger partial charge < -0.3 is 4.57 Å². The third kappa shape index (κ3) is 3.51. The molecule has 0 N–H and O–H groups in total. The molecule has 0 spiro atoms. The van der Waals surface area contributed by atoms with Gasteiger partial charge in [-0.25, -0.2) is 9.37 Å². The van der Waals surface area contributed by atoms with E-state index in [2.05, 4.69) is 23.4 Å². The monoisotopic (exact) mass is 330 g/mol. The lowest BCUT2D eigenvalue weighted by Gasteiger charge is -2.21. The molecule has 1 atom stereocenters. The summed E-state index contributed by atoms with van der Waals surface area (Å²) in [6.07, 6.45) is 5.46. The zero-order valence-corrected chi connectivity index (χ0v) is 14.0. The van der Waals surface area contributed by atoms with Crippen molar-refractivity contribution < 1.29 is 4.39 Å². The Bertz CT molecular complexity index is 610. The number of nitrogens with zero attached hydrogens (tertiary/aromatic N) is 2. The number of halogens is 3. The largest absolute Gasteiger partial charge is 0.324 e. The van der Waals surface area contributed by atoms with Crippen LogP contribution in [0.25, 0.3) is 11.0 Å². The molecule has 0 radical (unpaired) electrons. The quantitative estimate of drug-likeness (QED) is 0.561. The summed E-state index contributed by atoms with van der Waals surface area (Å²) in [7, 11) is 0. The maximum absolute atomic E-state index is 13.8. The summed E-state index contributed by atoms with van der Waals surface area (Å²) in [5.74, 6) is 0.709. The van der Waals surface area contributed by atoms with Gasteiger partial charge in [0.05, 0.1) is 21.9 Å². The molecule has 1 aromatic heterocycles. The summed E-state index contributed by atoms with van der Waals surface area (Å²) >= 11 is 11.9. The van der Waals surface area contributed by atoms with Crippen LogP contribution in [0.5, 0.6) is 0 Å². The number of rotatable bonds is 7. The molecule has 2 rings (SSSR count). The molecular formula is C16H21Cl2FN2. The highest BCUT2D eigenvalue weighted by molar-refractivity contribution is 6.31. The van der Waals surface area contributed by atoms with E-state index < -0.39 is 5.82 Å². The van der Waals surface area contributed by atoms with Crippen molar-refractivity contribution in [1.82, 2.24) is 9.55 Å². The van der Waals surface area contributed by atoms with Gasteiger partial charge in [-0.15, -0.1) is 11.6 Å². The van der Waals surface area contributed by atoms with Gasteiger partial charge in [0.2, 0.25) is 0 Å². The van der Waals surface area contributed by atoms with Gasteiger partial charge in [-0.05, 0) is 18.9 Å². The number of hydrogen-bond acceptors (Lipinski definition) is 1. The number of fused-ring (bicyclic) bond motifs is 1. The highest BCUT2D eigenvalue weighted by Crippen LogP contribution is 2.31. The second-order valence-electron chi connectivity index (χ2n) is 5.37. The van der Waals surface area contributed by atoms with E-state index in [1.54, 1.807) is 6.07 Å². The van der Waals surface area contributed by atoms with E-state index >= 15 is 0 Å². The second-order valence-corrected chi connectivity index (χ2v) is 6.05. The summed E-state index contributed by atoms with van der Waals surface area (Å²) < 4.78 is 15.9. The topological polar surface area (TPSA) is 17.8 Å². The molecule has 21 heavy (non-hydrogen) atoms. The van der Waals surface area contributed by atoms with E-state index in [4.69, 9.17) is 23.2 Å². The minimum Gasteiger partial charge on any atom is -0.324 e. The second kappa shape index (κ2) is 7.46. The van der Waals surface area contributed by atoms with Crippen LogP contribution in [0, 0.1) is 5.82 Å². The van der Waals surface area contributed by atoms with E-state index in [-0.39, 0.29) is 5.02 Å². The van der Waals surface area contributed by atoms with Crippen molar-refractivity contribution in [3.05, 3.63) is 28.8 Å². The summed E-state index contributed by atoms with van der Waals surface area (Å²) in [5, 5.41) is 0.105.